The minimum absolute atomic E-state index is 0.131. The lowest BCUT2D eigenvalue weighted by molar-refractivity contribution is 0.0702. The Morgan fingerprint density at radius 1 is 1.32 bits per heavy atom. The molecule has 3 N–H and O–H groups in total. The van der Waals surface area contributed by atoms with Crippen LogP contribution in [0, 0.1) is 13.8 Å². The van der Waals surface area contributed by atoms with E-state index in [9.17, 15) is 5.11 Å². The molecule has 1 atom stereocenters. The Labute approximate surface area is 150 Å². The fraction of sp³-hybridized carbons (Fsp3) is 0.550. The second kappa shape index (κ2) is 8.61. The molecule has 136 valence electrons. The number of aromatic amines is 1. The third-order valence-electron chi connectivity index (χ3n) is 5.14. The van der Waals surface area contributed by atoms with Gasteiger partial charge in [0.25, 0.3) is 0 Å². The van der Waals surface area contributed by atoms with Crippen molar-refractivity contribution in [2.75, 3.05) is 26.2 Å². The molecule has 1 aromatic carbocycles. The van der Waals surface area contributed by atoms with Crippen LogP contribution in [0.2, 0.25) is 0 Å². The molecule has 1 fully saturated rings. The van der Waals surface area contributed by atoms with Gasteiger partial charge in [-0.25, -0.2) is 0 Å². The highest BCUT2D eigenvalue weighted by molar-refractivity contribution is 5.64. The van der Waals surface area contributed by atoms with Crippen molar-refractivity contribution in [3.05, 3.63) is 41.1 Å². The Morgan fingerprint density at radius 2 is 2.20 bits per heavy atom. The first-order valence-electron chi connectivity index (χ1n) is 9.34. The van der Waals surface area contributed by atoms with E-state index in [0.717, 1.165) is 57.7 Å². The predicted molar refractivity (Wildman–Crippen MR) is 102 cm³/mol. The van der Waals surface area contributed by atoms with Gasteiger partial charge in [0.05, 0.1) is 18.0 Å². The van der Waals surface area contributed by atoms with Gasteiger partial charge in [-0.1, -0.05) is 12.1 Å². The van der Waals surface area contributed by atoms with Crippen molar-refractivity contribution in [2.24, 2.45) is 0 Å². The van der Waals surface area contributed by atoms with Gasteiger partial charge in [-0.3, -0.25) is 5.10 Å². The van der Waals surface area contributed by atoms with E-state index in [1.54, 1.807) is 0 Å². The van der Waals surface area contributed by atoms with Crippen LogP contribution in [0.25, 0.3) is 11.3 Å². The molecule has 5 heteroatoms. The third kappa shape index (κ3) is 4.91. The molecule has 0 bridgehead atoms. The van der Waals surface area contributed by atoms with E-state index in [0.29, 0.717) is 0 Å². The summed E-state index contributed by atoms with van der Waals surface area (Å²) in [4.78, 5) is 2.37. The van der Waals surface area contributed by atoms with Crippen LogP contribution in [0.3, 0.4) is 0 Å². The summed E-state index contributed by atoms with van der Waals surface area (Å²) in [6.45, 7) is 9.08. The van der Waals surface area contributed by atoms with Crippen LogP contribution in [0.1, 0.15) is 36.0 Å². The molecule has 2 heterocycles. The molecule has 1 saturated heterocycles. The highest BCUT2D eigenvalue weighted by atomic mass is 16.3. The van der Waals surface area contributed by atoms with E-state index in [4.69, 9.17) is 0 Å². The van der Waals surface area contributed by atoms with Crippen LogP contribution in [0.15, 0.2) is 24.4 Å². The molecule has 1 aliphatic heterocycles. The topological polar surface area (TPSA) is 64.2 Å². The summed E-state index contributed by atoms with van der Waals surface area (Å²) in [5, 5.41) is 20.6. The van der Waals surface area contributed by atoms with Gasteiger partial charge in [0.15, 0.2) is 0 Å². The number of piperidine rings is 1. The van der Waals surface area contributed by atoms with Crippen LogP contribution in [0.4, 0.5) is 0 Å². The van der Waals surface area contributed by atoms with Gasteiger partial charge in [-0.2, -0.15) is 5.10 Å². The molecule has 3 rings (SSSR count). The van der Waals surface area contributed by atoms with E-state index < -0.39 is 0 Å². The highest BCUT2D eigenvalue weighted by Crippen LogP contribution is 2.23. The number of nitrogens with one attached hydrogen (secondary N) is 2. The molecule has 0 unspecified atom stereocenters. The van der Waals surface area contributed by atoms with E-state index in [1.807, 2.05) is 6.20 Å². The van der Waals surface area contributed by atoms with Gasteiger partial charge in [0.1, 0.15) is 0 Å². The molecule has 1 aromatic heterocycles. The van der Waals surface area contributed by atoms with Crippen LogP contribution in [-0.2, 0) is 6.54 Å². The summed E-state index contributed by atoms with van der Waals surface area (Å²) >= 11 is 0. The van der Waals surface area contributed by atoms with E-state index in [2.05, 4.69) is 52.5 Å². The van der Waals surface area contributed by atoms with Crippen molar-refractivity contribution in [1.82, 2.24) is 20.4 Å². The van der Waals surface area contributed by atoms with Crippen LogP contribution in [0.5, 0.6) is 0 Å². The molecule has 2 aromatic rings. The quantitative estimate of drug-likeness (QED) is 0.677. The van der Waals surface area contributed by atoms with Gasteiger partial charge in [0.2, 0.25) is 0 Å². The number of aliphatic hydroxyl groups is 1. The van der Waals surface area contributed by atoms with Crippen molar-refractivity contribution in [3.63, 3.8) is 0 Å². The van der Waals surface area contributed by atoms with Crippen molar-refractivity contribution < 1.29 is 5.11 Å². The highest BCUT2D eigenvalue weighted by Gasteiger charge is 2.16. The van der Waals surface area contributed by atoms with E-state index in [1.165, 1.54) is 22.3 Å². The van der Waals surface area contributed by atoms with E-state index in [-0.39, 0.29) is 6.10 Å². The molecule has 5 nitrogen and oxygen atoms in total. The van der Waals surface area contributed by atoms with Gasteiger partial charge >= 0.3 is 0 Å². The maximum Gasteiger partial charge on any atom is 0.0695 e. The molecule has 0 amide bonds. The van der Waals surface area contributed by atoms with Gasteiger partial charge < -0.3 is 15.3 Å². The van der Waals surface area contributed by atoms with Crippen LogP contribution < -0.4 is 5.32 Å². The average molecular weight is 342 g/mol. The summed E-state index contributed by atoms with van der Waals surface area (Å²) in [5.74, 6) is 0. The van der Waals surface area contributed by atoms with Gasteiger partial charge in [0, 0.05) is 24.2 Å². The molecular weight excluding hydrogens is 312 g/mol. The number of β-amino-alcohol motifs (C(OH)–C–C–N with tert-alkyl or cyclic N) is 1. The zero-order valence-corrected chi connectivity index (χ0v) is 15.4. The molecule has 0 saturated carbocycles. The summed E-state index contributed by atoms with van der Waals surface area (Å²) in [7, 11) is 0. The largest absolute Gasteiger partial charge is 0.392 e. The second-order valence-electron chi connectivity index (χ2n) is 7.20. The van der Waals surface area contributed by atoms with Gasteiger partial charge in [-0.05, 0) is 69.9 Å². The zero-order chi connectivity index (χ0) is 17.6. The fourth-order valence-corrected chi connectivity index (χ4v) is 3.48. The molecule has 0 spiro atoms. The fourth-order valence-electron chi connectivity index (χ4n) is 3.48. The van der Waals surface area contributed by atoms with E-state index >= 15 is 0 Å². The number of H-pyrrole nitrogens is 1. The Hall–Kier alpha value is -1.69. The normalized spacial score (nSPS) is 18.6. The average Bonchev–Trinajstić information content (AvgIpc) is 3.06. The van der Waals surface area contributed by atoms with Gasteiger partial charge in [-0.15, -0.1) is 0 Å². The maximum atomic E-state index is 9.71. The number of rotatable bonds is 7. The number of likely N-dealkylation sites (tertiary alicyclic amines) is 1. The van der Waals surface area contributed by atoms with Crippen molar-refractivity contribution in [2.45, 2.75) is 45.8 Å². The minimum Gasteiger partial charge on any atom is -0.392 e. The zero-order valence-electron chi connectivity index (χ0n) is 15.4. The Kier molecular flexibility index (Phi) is 6.24. The monoisotopic (exact) mass is 342 g/mol. The van der Waals surface area contributed by atoms with Crippen LogP contribution in [-0.4, -0.2) is 52.5 Å². The number of aliphatic hydroxyl groups excluding tert-OH is 1. The first-order chi connectivity index (χ1) is 12.1. The number of aryl methyl sites for hydroxylation is 2. The molecule has 25 heavy (non-hydrogen) atoms. The first kappa shape index (κ1) is 18.1. The maximum absolute atomic E-state index is 9.71. The second-order valence-corrected chi connectivity index (χ2v) is 7.20. The third-order valence-corrected chi connectivity index (χ3v) is 5.14. The number of aromatic nitrogens is 2. The number of nitrogens with zero attached hydrogens (tertiary/aromatic N) is 2. The SMILES string of the molecule is Cc1ccc(-c2[nH]ncc2CNCCCN2CCC[C@H](O)C2)cc1C. The lowest BCUT2D eigenvalue weighted by atomic mass is 10.0. The van der Waals surface area contributed by atoms with Crippen molar-refractivity contribution in [3.8, 4) is 11.3 Å². The lowest BCUT2D eigenvalue weighted by Gasteiger charge is -2.29. The Balaban J connectivity index is 1.46. The van der Waals surface area contributed by atoms with Crippen molar-refractivity contribution >= 4 is 0 Å². The number of hydrogen-bond acceptors (Lipinski definition) is 4. The molecule has 0 radical (unpaired) electrons. The summed E-state index contributed by atoms with van der Waals surface area (Å²) < 4.78 is 0. The van der Waals surface area contributed by atoms with Crippen molar-refractivity contribution in [1.29, 1.82) is 0 Å². The number of benzene rings is 1. The minimum atomic E-state index is -0.131. The standard InChI is InChI=1S/C20H30N4O/c1-15-6-7-17(11-16(15)2)20-18(13-22-23-20)12-21-8-4-10-24-9-3-5-19(25)14-24/h6-7,11,13,19,21,25H,3-5,8-10,12,14H2,1-2H3,(H,22,23)/t19-/m0/s1. The summed E-state index contributed by atoms with van der Waals surface area (Å²) in [5.41, 5.74) is 6.12. The number of hydrogen-bond donors (Lipinski definition) is 3. The predicted octanol–water partition coefficient (Wildman–Crippen LogP) is 2.63. The molecule has 0 aliphatic carbocycles. The lowest BCUT2D eigenvalue weighted by Crippen LogP contribution is -2.39. The Morgan fingerprint density at radius 3 is 3.00 bits per heavy atom. The van der Waals surface area contributed by atoms with Crippen LogP contribution >= 0.6 is 0 Å². The molecular formula is C20H30N4O. The first-order valence-corrected chi connectivity index (χ1v) is 9.34. The molecule has 1 aliphatic rings. The summed E-state index contributed by atoms with van der Waals surface area (Å²) in [6, 6.07) is 6.53. The Bertz CT molecular complexity index is 682. The summed E-state index contributed by atoms with van der Waals surface area (Å²) in [6.07, 6.45) is 4.95. The smallest absolute Gasteiger partial charge is 0.0695 e.